The third-order valence-electron chi connectivity index (χ3n) is 4.53. The van der Waals surface area contributed by atoms with Crippen LogP contribution >= 0.6 is 0 Å². The molecule has 0 aromatic carbocycles. The van der Waals surface area contributed by atoms with E-state index in [4.69, 9.17) is 5.73 Å². The maximum Gasteiger partial charge on any atom is 0.138 e. The number of hydrogen-bond donors (Lipinski definition) is 1. The van der Waals surface area contributed by atoms with Gasteiger partial charge in [0, 0.05) is 24.5 Å². The number of aromatic nitrogens is 3. The predicted octanol–water partition coefficient (Wildman–Crippen LogP) is 2.07. The molecule has 0 radical (unpaired) electrons. The number of hydrogen-bond acceptors (Lipinski definition) is 4. The molecule has 1 rings (SSSR count). The molecule has 0 aliphatic rings. The molecule has 20 heavy (non-hydrogen) atoms. The first-order chi connectivity index (χ1) is 9.53. The third-order valence-corrected chi connectivity index (χ3v) is 4.53. The molecule has 0 saturated carbocycles. The van der Waals surface area contributed by atoms with Crippen LogP contribution in [0.2, 0.25) is 0 Å². The molecule has 1 aromatic heterocycles. The molecule has 0 aliphatic carbocycles. The Morgan fingerprint density at radius 2 is 1.95 bits per heavy atom. The Balaban J connectivity index is 2.86. The van der Waals surface area contributed by atoms with Crippen LogP contribution in [0, 0.1) is 0 Å². The van der Waals surface area contributed by atoms with Crippen LogP contribution in [0.1, 0.15) is 53.3 Å². The van der Waals surface area contributed by atoms with Crippen molar-refractivity contribution >= 4 is 0 Å². The molecule has 0 bridgehead atoms. The Labute approximate surface area is 123 Å². The number of nitrogens with zero attached hydrogens (tertiary/aromatic N) is 4. The molecule has 0 saturated heterocycles. The molecule has 0 fully saturated rings. The lowest BCUT2D eigenvalue weighted by Crippen LogP contribution is -2.58. The second-order valence-electron chi connectivity index (χ2n) is 5.59. The van der Waals surface area contributed by atoms with Crippen molar-refractivity contribution in [2.24, 2.45) is 5.73 Å². The van der Waals surface area contributed by atoms with Crippen LogP contribution in [0.4, 0.5) is 0 Å². The van der Waals surface area contributed by atoms with Gasteiger partial charge in [0.2, 0.25) is 0 Å². The Kier molecular flexibility index (Phi) is 6.62. The highest BCUT2D eigenvalue weighted by Crippen LogP contribution is 2.24. The van der Waals surface area contributed by atoms with E-state index in [-0.39, 0.29) is 11.6 Å². The zero-order valence-corrected chi connectivity index (χ0v) is 13.8. The summed E-state index contributed by atoms with van der Waals surface area (Å²) in [6.45, 7) is 14.0. The summed E-state index contributed by atoms with van der Waals surface area (Å²) in [5.41, 5.74) is 6.55. The lowest BCUT2D eigenvalue weighted by molar-refractivity contribution is 0.0834. The molecular weight excluding hydrogens is 250 g/mol. The normalized spacial score (nSPS) is 16.4. The van der Waals surface area contributed by atoms with Gasteiger partial charge < -0.3 is 5.73 Å². The largest absolute Gasteiger partial charge is 0.326 e. The standard InChI is InChI=1S/C15H31N5/c1-6-10-20-14(17-12-18-20)11-13(16)15(5,7-2)19(8-3)9-4/h12-13H,6-11,16H2,1-5H3. The van der Waals surface area contributed by atoms with Crippen LogP contribution in [0.25, 0.3) is 0 Å². The molecule has 0 amide bonds. The number of likely N-dealkylation sites (N-methyl/N-ethyl adjacent to an activating group) is 1. The lowest BCUT2D eigenvalue weighted by Gasteiger charge is -2.44. The minimum atomic E-state index is 0.00644. The van der Waals surface area contributed by atoms with E-state index in [2.05, 4.69) is 49.6 Å². The highest BCUT2D eigenvalue weighted by Gasteiger charge is 2.35. The Morgan fingerprint density at radius 1 is 1.30 bits per heavy atom. The highest BCUT2D eigenvalue weighted by atomic mass is 15.3. The fourth-order valence-corrected chi connectivity index (χ4v) is 2.93. The second-order valence-corrected chi connectivity index (χ2v) is 5.59. The monoisotopic (exact) mass is 281 g/mol. The van der Waals surface area contributed by atoms with Crippen molar-refractivity contribution in [1.29, 1.82) is 0 Å². The summed E-state index contributed by atoms with van der Waals surface area (Å²) in [6.07, 6.45) is 4.52. The lowest BCUT2D eigenvalue weighted by atomic mass is 9.85. The zero-order chi connectivity index (χ0) is 15.2. The quantitative estimate of drug-likeness (QED) is 0.753. The molecule has 116 valence electrons. The van der Waals surface area contributed by atoms with E-state index in [1.807, 2.05) is 4.68 Å². The highest BCUT2D eigenvalue weighted by molar-refractivity contribution is 5.00. The van der Waals surface area contributed by atoms with Gasteiger partial charge in [-0.15, -0.1) is 0 Å². The average molecular weight is 281 g/mol. The maximum atomic E-state index is 6.55. The Hall–Kier alpha value is -0.940. The summed E-state index contributed by atoms with van der Waals surface area (Å²) in [5.74, 6) is 1.01. The van der Waals surface area contributed by atoms with E-state index in [0.717, 1.165) is 44.7 Å². The van der Waals surface area contributed by atoms with Crippen molar-refractivity contribution in [3.05, 3.63) is 12.2 Å². The van der Waals surface area contributed by atoms with E-state index in [9.17, 15) is 0 Å². The van der Waals surface area contributed by atoms with E-state index in [0.29, 0.717) is 0 Å². The van der Waals surface area contributed by atoms with Gasteiger partial charge in [-0.05, 0) is 32.9 Å². The molecule has 1 heterocycles. The van der Waals surface area contributed by atoms with Gasteiger partial charge in [0.1, 0.15) is 12.2 Å². The first kappa shape index (κ1) is 17.1. The summed E-state index contributed by atoms with van der Waals surface area (Å²) in [5, 5.41) is 4.29. The Bertz CT molecular complexity index is 385. The number of aryl methyl sites for hydroxylation is 1. The first-order valence-electron chi connectivity index (χ1n) is 7.90. The molecule has 0 aliphatic heterocycles. The summed E-state index contributed by atoms with van der Waals surface area (Å²) in [7, 11) is 0. The SMILES string of the molecule is CCCn1ncnc1CC(N)C(C)(CC)N(CC)CC. The maximum absolute atomic E-state index is 6.55. The van der Waals surface area contributed by atoms with Crippen LogP contribution in [0.5, 0.6) is 0 Å². The van der Waals surface area contributed by atoms with E-state index < -0.39 is 0 Å². The van der Waals surface area contributed by atoms with Gasteiger partial charge in [0.15, 0.2) is 0 Å². The second kappa shape index (κ2) is 7.74. The van der Waals surface area contributed by atoms with Crippen LogP contribution < -0.4 is 5.73 Å². The van der Waals surface area contributed by atoms with E-state index >= 15 is 0 Å². The van der Waals surface area contributed by atoms with Crippen LogP contribution in [0.15, 0.2) is 6.33 Å². The molecule has 2 atom stereocenters. The van der Waals surface area contributed by atoms with Gasteiger partial charge in [0.25, 0.3) is 0 Å². The zero-order valence-electron chi connectivity index (χ0n) is 13.8. The van der Waals surface area contributed by atoms with Crippen molar-refractivity contribution in [1.82, 2.24) is 19.7 Å². The minimum absolute atomic E-state index is 0.00644. The Morgan fingerprint density at radius 3 is 2.45 bits per heavy atom. The average Bonchev–Trinajstić information content (AvgIpc) is 2.87. The minimum Gasteiger partial charge on any atom is -0.326 e. The molecule has 5 heteroatoms. The van der Waals surface area contributed by atoms with Crippen molar-refractivity contribution in [3.8, 4) is 0 Å². The van der Waals surface area contributed by atoms with Crippen molar-refractivity contribution in [2.75, 3.05) is 13.1 Å². The van der Waals surface area contributed by atoms with Crippen molar-refractivity contribution in [2.45, 2.75) is 72.0 Å². The smallest absolute Gasteiger partial charge is 0.138 e. The topological polar surface area (TPSA) is 60.0 Å². The van der Waals surface area contributed by atoms with Gasteiger partial charge in [-0.1, -0.05) is 27.7 Å². The van der Waals surface area contributed by atoms with Gasteiger partial charge in [-0.25, -0.2) is 4.98 Å². The first-order valence-corrected chi connectivity index (χ1v) is 7.90. The molecule has 2 unspecified atom stereocenters. The van der Waals surface area contributed by atoms with Crippen molar-refractivity contribution < 1.29 is 0 Å². The van der Waals surface area contributed by atoms with Crippen LogP contribution in [-0.2, 0) is 13.0 Å². The van der Waals surface area contributed by atoms with E-state index in [1.165, 1.54) is 0 Å². The van der Waals surface area contributed by atoms with Gasteiger partial charge in [-0.2, -0.15) is 5.10 Å². The summed E-state index contributed by atoms with van der Waals surface area (Å²) >= 11 is 0. The summed E-state index contributed by atoms with van der Waals surface area (Å²) in [6, 6.07) is 0.0622. The molecular formula is C15H31N5. The predicted molar refractivity (Wildman–Crippen MR) is 83.6 cm³/mol. The van der Waals surface area contributed by atoms with Crippen molar-refractivity contribution in [3.63, 3.8) is 0 Å². The van der Waals surface area contributed by atoms with Gasteiger partial charge in [-0.3, -0.25) is 9.58 Å². The van der Waals surface area contributed by atoms with Crippen LogP contribution in [-0.4, -0.2) is 44.3 Å². The van der Waals surface area contributed by atoms with Gasteiger partial charge in [0.05, 0.1) is 0 Å². The summed E-state index contributed by atoms with van der Waals surface area (Å²) in [4.78, 5) is 6.84. The van der Waals surface area contributed by atoms with E-state index in [1.54, 1.807) is 6.33 Å². The molecule has 2 N–H and O–H groups in total. The number of nitrogens with two attached hydrogens (primary N) is 1. The fourth-order valence-electron chi connectivity index (χ4n) is 2.93. The fraction of sp³-hybridized carbons (Fsp3) is 0.867. The van der Waals surface area contributed by atoms with Crippen LogP contribution in [0.3, 0.4) is 0 Å². The summed E-state index contributed by atoms with van der Waals surface area (Å²) < 4.78 is 1.98. The molecule has 5 nitrogen and oxygen atoms in total. The number of rotatable bonds is 9. The molecule has 0 spiro atoms. The van der Waals surface area contributed by atoms with Gasteiger partial charge >= 0.3 is 0 Å². The third kappa shape index (κ3) is 3.58. The molecule has 1 aromatic rings.